The van der Waals surface area contributed by atoms with Gasteiger partial charge < -0.3 is 14.8 Å². The average molecular weight is 503 g/mol. The molecule has 0 saturated heterocycles. The van der Waals surface area contributed by atoms with Gasteiger partial charge in [-0.3, -0.25) is 9.69 Å². The first kappa shape index (κ1) is 23.7. The second-order valence-corrected chi connectivity index (χ2v) is 8.67. The van der Waals surface area contributed by atoms with E-state index in [1.54, 1.807) is 23.1 Å². The van der Waals surface area contributed by atoms with E-state index in [1.807, 2.05) is 67.6 Å². The van der Waals surface area contributed by atoms with Crippen LogP contribution in [0.5, 0.6) is 11.5 Å². The second-order valence-electron chi connectivity index (χ2n) is 8.26. The Morgan fingerprint density at radius 3 is 2.44 bits per heavy atom. The number of anilines is 2. The molecule has 0 aliphatic carbocycles. The quantitative estimate of drug-likeness (QED) is 0.289. The van der Waals surface area contributed by atoms with Crippen molar-refractivity contribution >= 4 is 28.9 Å². The van der Waals surface area contributed by atoms with Gasteiger partial charge in [0.15, 0.2) is 11.5 Å². The van der Waals surface area contributed by atoms with Crippen LogP contribution < -0.4 is 19.7 Å². The number of amides is 1. The van der Waals surface area contributed by atoms with E-state index in [-0.39, 0.29) is 18.3 Å². The van der Waals surface area contributed by atoms with Gasteiger partial charge in [-0.25, -0.2) is 4.39 Å². The molecule has 1 aliphatic heterocycles. The fourth-order valence-corrected chi connectivity index (χ4v) is 4.40. The van der Waals surface area contributed by atoms with Crippen LogP contribution >= 0.6 is 11.6 Å². The Morgan fingerprint density at radius 1 is 0.917 bits per heavy atom. The summed E-state index contributed by atoms with van der Waals surface area (Å²) in [4.78, 5) is 15.2. The predicted octanol–water partition coefficient (Wildman–Crippen LogP) is 7.23. The van der Waals surface area contributed by atoms with Crippen LogP contribution in [-0.4, -0.2) is 12.5 Å². The zero-order valence-corrected chi connectivity index (χ0v) is 20.3. The highest BCUT2D eigenvalue weighted by atomic mass is 35.5. The molecule has 1 aliphatic rings. The van der Waals surface area contributed by atoms with E-state index in [2.05, 4.69) is 5.32 Å². The Hall–Kier alpha value is -4.03. The Balaban J connectivity index is 1.51. The molecule has 1 heterocycles. The molecule has 0 bridgehead atoms. The lowest BCUT2D eigenvalue weighted by Crippen LogP contribution is -2.43. The Morgan fingerprint density at radius 2 is 1.67 bits per heavy atom. The van der Waals surface area contributed by atoms with Gasteiger partial charge in [-0.05, 0) is 67.1 Å². The van der Waals surface area contributed by atoms with E-state index in [1.165, 1.54) is 12.1 Å². The smallest absolute Gasteiger partial charge is 0.262 e. The van der Waals surface area contributed by atoms with Gasteiger partial charge >= 0.3 is 0 Å². The topological polar surface area (TPSA) is 50.8 Å². The van der Waals surface area contributed by atoms with Gasteiger partial charge in [0.2, 0.25) is 0 Å². The maximum Gasteiger partial charge on any atom is 0.262 e. The lowest BCUT2D eigenvalue weighted by atomic mass is 10.0. The molecule has 36 heavy (non-hydrogen) atoms. The fourth-order valence-electron chi connectivity index (χ4n) is 4.21. The molecule has 1 unspecified atom stereocenters. The maximum absolute atomic E-state index is 13.7. The highest BCUT2D eigenvalue weighted by Gasteiger charge is 2.34. The Labute approximate surface area is 214 Å². The zero-order valence-electron chi connectivity index (χ0n) is 19.6. The van der Waals surface area contributed by atoms with Gasteiger partial charge in [0.05, 0.1) is 12.2 Å². The summed E-state index contributed by atoms with van der Waals surface area (Å²) < 4.78 is 25.6. The first-order valence-corrected chi connectivity index (χ1v) is 12.0. The number of ether oxygens (including phenoxy) is 2. The molecular formula is C29H24ClFN2O3. The summed E-state index contributed by atoms with van der Waals surface area (Å²) in [5.41, 5.74) is 3.50. The number of nitrogens with zero attached hydrogens (tertiary/aromatic N) is 1. The van der Waals surface area contributed by atoms with Crippen LogP contribution in [-0.2, 0) is 6.61 Å². The minimum Gasteiger partial charge on any atom is -0.490 e. The van der Waals surface area contributed by atoms with Crippen molar-refractivity contribution in [3.8, 4) is 11.5 Å². The third kappa shape index (κ3) is 4.72. The summed E-state index contributed by atoms with van der Waals surface area (Å²) in [6.45, 7) is 2.62. The number of halogens is 2. The first-order chi connectivity index (χ1) is 17.5. The summed E-state index contributed by atoms with van der Waals surface area (Å²) in [5, 5.41) is 4.09. The predicted molar refractivity (Wildman–Crippen MR) is 139 cm³/mol. The third-order valence-corrected chi connectivity index (χ3v) is 6.32. The van der Waals surface area contributed by atoms with Crippen LogP contribution in [0.3, 0.4) is 0 Å². The van der Waals surface area contributed by atoms with E-state index in [0.29, 0.717) is 34.4 Å². The van der Waals surface area contributed by atoms with E-state index < -0.39 is 6.17 Å². The van der Waals surface area contributed by atoms with E-state index in [4.69, 9.17) is 21.1 Å². The number of fused-ring (bicyclic) bond motifs is 1. The molecule has 7 heteroatoms. The van der Waals surface area contributed by atoms with Crippen LogP contribution in [0, 0.1) is 5.82 Å². The minimum atomic E-state index is -0.547. The van der Waals surface area contributed by atoms with E-state index in [0.717, 1.165) is 16.8 Å². The molecule has 4 aromatic carbocycles. The van der Waals surface area contributed by atoms with E-state index in [9.17, 15) is 9.18 Å². The summed E-state index contributed by atoms with van der Waals surface area (Å²) in [5.74, 6) is 0.565. The van der Waals surface area contributed by atoms with Crippen molar-refractivity contribution in [1.29, 1.82) is 0 Å². The highest BCUT2D eigenvalue weighted by molar-refractivity contribution is 6.31. The summed E-state index contributed by atoms with van der Waals surface area (Å²) in [6, 6.07) is 26.3. The normalized spacial score (nSPS) is 14.7. The van der Waals surface area contributed by atoms with E-state index >= 15 is 0 Å². The molecule has 5 nitrogen and oxygen atoms in total. The number of rotatable bonds is 7. The molecule has 5 rings (SSSR count). The van der Waals surface area contributed by atoms with Gasteiger partial charge in [-0.1, -0.05) is 48.0 Å². The molecule has 0 aromatic heterocycles. The van der Waals surface area contributed by atoms with Crippen molar-refractivity contribution < 1.29 is 18.7 Å². The number of carbonyl (C=O) groups excluding carboxylic acids is 1. The van der Waals surface area contributed by atoms with Gasteiger partial charge in [0, 0.05) is 22.0 Å². The van der Waals surface area contributed by atoms with Crippen LogP contribution in [0.15, 0.2) is 91.0 Å². The Bertz CT molecular complexity index is 1390. The number of nitrogens with one attached hydrogen (secondary N) is 1. The van der Waals surface area contributed by atoms with Crippen LogP contribution in [0.4, 0.5) is 15.8 Å². The maximum atomic E-state index is 13.7. The number of carbonyl (C=O) groups is 1. The molecule has 0 radical (unpaired) electrons. The van der Waals surface area contributed by atoms with Gasteiger partial charge in [0.1, 0.15) is 18.6 Å². The lowest BCUT2D eigenvalue weighted by Gasteiger charge is -2.38. The second kappa shape index (κ2) is 10.3. The molecule has 0 spiro atoms. The highest BCUT2D eigenvalue weighted by Crippen LogP contribution is 2.39. The van der Waals surface area contributed by atoms with Gasteiger partial charge in [-0.2, -0.15) is 0 Å². The standard InChI is InChI=1S/C29H24ClFN2O3/c1-2-35-27-17-19(11-16-26(27)36-18-20-7-3-5-9-24(20)30)28-32-25-10-6-4-8-23(25)29(34)33(28)22-14-12-21(31)13-15-22/h3-17,28,32H,2,18H2,1H3. The number of para-hydroxylation sites is 1. The first-order valence-electron chi connectivity index (χ1n) is 11.6. The van der Waals surface area contributed by atoms with Crippen molar-refractivity contribution in [1.82, 2.24) is 0 Å². The molecule has 1 atom stereocenters. The molecular weight excluding hydrogens is 479 g/mol. The van der Waals surface area contributed by atoms with Crippen molar-refractivity contribution in [2.24, 2.45) is 0 Å². The third-order valence-electron chi connectivity index (χ3n) is 5.96. The van der Waals surface area contributed by atoms with Crippen molar-refractivity contribution in [3.63, 3.8) is 0 Å². The largest absolute Gasteiger partial charge is 0.490 e. The zero-order chi connectivity index (χ0) is 25.1. The number of hydrogen-bond acceptors (Lipinski definition) is 4. The molecule has 4 aromatic rings. The molecule has 182 valence electrons. The lowest BCUT2D eigenvalue weighted by molar-refractivity contribution is 0.0975. The molecule has 0 saturated carbocycles. The summed E-state index contributed by atoms with van der Waals surface area (Å²) in [6.07, 6.45) is -0.547. The summed E-state index contributed by atoms with van der Waals surface area (Å²) in [7, 11) is 0. The number of benzene rings is 4. The molecule has 0 fully saturated rings. The van der Waals surface area contributed by atoms with Crippen LogP contribution in [0.2, 0.25) is 5.02 Å². The SMILES string of the molecule is CCOc1cc(C2Nc3ccccc3C(=O)N2c2ccc(F)cc2)ccc1OCc1ccccc1Cl. The fraction of sp³-hybridized carbons (Fsp3) is 0.138. The van der Waals surface area contributed by atoms with Crippen LogP contribution in [0.1, 0.15) is 34.6 Å². The van der Waals surface area contributed by atoms with Crippen molar-refractivity contribution in [2.75, 3.05) is 16.8 Å². The minimum absolute atomic E-state index is 0.182. The van der Waals surface area contributed by atoms with Crippen molar-refractivity contribution in [2.45, 2.75) is 19.7 Å². The van der Waals surface area contributed by atoms with Crippen molar-refractivity contribution in [3.05, 3.63) is 119 Å². The van der Waals surface area contributed by atoms with Crippen LogP contribution in [0.25, 0.3) is 0 Å². The Kier molecular flexibility index (Phi) is 6.78. The number of hydrogen-bond donors (Lipinski definition) is 1. The average Bonchev–Trinajstić information content (AvgIpc) is 2.89. The monoisotopic (exact) mass is 502 g/mol. The summed E-state index contributed by atoms with van der Waals surface area (Å²) >= 11 is 6.28. The molecule has 1 N–H and O–H groups in total. The van der Waals surface area contributed by atoms with Gasteiger partial charge in [-0.15, -0.1) is 0 Å². The molecule has 1 amide bonds. The van der Waals surface area contributed by atoms with Gasteiger partial charge in [0.25, 0.3) is 5.91 Å².